The fourth-order valence-electron chi connectivity index (χ4n) is 1.24. The minimum Gasteiger partial charge on any atom is -0.550 e. The molecule has 0 heterocycles. The Morgan fingerprint density at radius 3 is 2.17 bits per heavy atom. The zero-order valence-corrected chi connectivity index (χ0v) is 9.64. The van der Waals surface area contributed by atoms with Crippen molar-refractivity contribution in [3.8, 4) is 0 Å². The van der Waals surface area contributed by atoms with Gasteiger partial charge in [0.1, 0.15) is 0 Å². The normalized spacial score (nSPS) is 9.56. The maximum Gasteiger partial charge on any atom is 0.242 e. The topological polar surface area (TPSA) is 98.3 Å². The number of aliphatic carboxylic acids is 1. The van der Waals surface area contributed by atoms with E-state index in [2.05, 4.69) is 10.9 Å². The second-order valence-corrected chi connectivity index (χ2v) is 3.63. The third kappa shape index (κ3) is 5.64. The third-order valence-electron chi connectivity index (χ3n) is 2.11. The van der Waals surface area contributed by atoms with Gasteiger partial charge in [-0.25, -0.2) is 0 Å². The number of nitrogens with one attached hydrogen (secondary N) is 2. The van der Waals surface area contributed by atoms with Crippen LogP contribution in [0.4, 0.5) is 0 Å². The fraction of sp³-hybridized carbons (Fsp3) is 0.250. The highest BCUT2D eigenvalue weighted by molar-refractivity contribution is 5.84. The highest BCUT2D eigenvalue weighted by atomic mass is 16.4. The van der Waals surface area contributed by atoms with Crippen molar-refractivity contribution in [3.05, 3.63) is 35.9 Å². The van der Waals surface area contributed by atoms with Crippen molar-refractivity contribution in [1.82, 2.24) is 10.9 Å². The van der Waals surface area contributed by atoms with Crippen molar-refractivity contribution < 1.29 is 19.5 Å². The van der Waals surface area contributed by atoms with Crippen molar-refractivity contribution in [2.45, 2.75) is 19.3 Å². The highest BCUT2D eigenvalue weighted by Gasteiger charge is 2.05. The van der Waals surface area contributed by atoms with Crippen LogP contribution in [-0.2, 0) is 20.8 Å². The van der Waals surface area contributed by atoms with Gasteiger partial charge in [0.25, 0.3) is 0 Å². The van der Waals surface area contributed by atoms with E-state index in [0.717, 1.165) is 5.56 Å². The molecule has 0 radical (unpaired) electrons. The second kappa shape index (κ2) is 7.05. The van der Waals surface area contributed by atoms with Gasteiger partial charge in [-0.3, -0.25) is 20.4 Å². The van der Waals surface area contributed by atoms with E-state index in [1.807, 2.05) is 6.07 Å². The predicted molar refractivity (Wildman–Crippen MR) is 60.7 cm³/mol. The van der Waals surface area contributed by atoms with E-state index in [0.29, 0.717) is 0 Å². The Hall–Kier alpha value is -2.37. The first kappa shape index (κ1) is 13.7. The number of carbonyl (C=O) groups is 3. The Kier molecular flexibility index (Phi) is 5.37. The van der Waals surface area contributed by atoms with E-state index in [1.165, 1.54) is 0 Å². The number of hydrogen-bond acceptors (Lipinski definition) is 4. The molecule has 0 bridgehead atoms. The molecule has 0 saturated heterocycles. The number of hydrazine groups is 1. The molecule has 96 valence electrons. The minimum absolute atomic E-state index is 0.140. The van der Waals surface area contributed by atoms with Crippen LogP contribution in [0.15, 0.2) is 30.3 Å². The van der Waals surface area contributed by atoms with Crippen molar-refractivity contribution in [2.75, 3.05) is 0 Å². The Bertz CT molecular complexity index is 431. The smallest absolute Gasteiger partial charge is 0.242 e. The lowest BCUT2D eigenvalue weighted by Gasteiger charge is -2.07. The van der Waals surface area contributed by atoms with Crippen LogP contribution in [0.3, 0.4) is 0 Å². The highest BCUT2D eigenvalue weighted by Crippen LogP contribution is 1.98. The van der Waals surface area contributed by atoms with Crippen LogP contribution in [-0.4, -0.2) is 17.8 Å². The zero-order valence-electron chi connectivity index (χ0n) is 9.64. The summed E-state index contributed by atoms with van der Waals surface area (Å²) in [5.74, 6) is -2.25. The number of rotatable bonds is 5. The lowest BCUT2D eigenvalue weighted by Crippen LogP contribution is -2.42. The summed E-state index contributed by atoms with van der Waals surface area (Å²) in [6.07, 6.45) is -0.462. The van der Waals surface area contributed by atoms with Crippen LogP contribution in [0.1, 0.15) is 18.4 Å². The van der Waals surface area contributed by atoms with E-state index in [-0.39, 0.29) is 25.2 Å². The second-order valence-electron chi connectivity index (χ2n) is 3.63. The molecular weight excluding hydrogens is 236 g/mol. The maximum atomic E-state index is 11.4. The Labute approximate surface area is 104 Å². The average molecular weight is 249 g/mol. The predicted octanol–water partition coefficient (Wildman–Crippen LogP) is -1.09. The molecule has 0 fully saturated rings. The molecule has 0 aliphatic heterocycles. The van der Waals surface area contributed by atoms with Crippen molar-refractivity contribution in [2.24, 2.45) is 0 Å². The molecule has 1 rings (SSSR count). The average Bonchev–Trinajstić information content (AvgIpc) is 2.35. The van der Waals surface area contributed by atoms with Gasteiger partial charge in [-0.05, 0) is 12.0 Å². The summed E-state index contributed by atoms with van der Waals surface area (Å²) in [5, 5.41) is 10.1. The SMILES string of the molecule is O=C([O-])CCC(=O)NNC(=O)Cc1ccccc1. The Morgan fingerprint density at radius 2 is 1.56 bits per heavy atom. The van der Waals surface area contributed by atoms with Crippen molar-refractivity contribution in [3.63, 3.8) is 0 Å². The van der Waals surface area contributed by atoms with Gasteiger partial charge in [-0.1, -0.05) is 30.3 Å². The first-order valence-electron chi connectivity index (χ1n) is 5.39. The molecule has 0 saturated carbocycles. The van der Waals surface area contributed by atoms with E-state index in [1.54, 1.807) is 24.3 Å². The van der Waals surface area contributed by atoms with E-state index < -0.39 is 11.9 Å². The summed E-state index contributed by atoms with van der Waals surface area (Å²) in [6, 6.07) is 9.03. The van der Waals surface area contributed by atoms with Crippen LogP contribution in [0, 0.1) is 0 Å². The van der Waals surface area contributed by atoms with Crippen molar-refractivity contribution >= 4 is 17.8 Å². The van der Waals surface area contributed by atoms with Gasteiger partial charge in [0.05, 0.1) is 6.42 Å². The Balaban J connectivity index is 2.25. The minimum atomic E-state index is -1.30. The lowest BCUT2D eigenvalue weighted by atomic mass is 10.1. The van der Waals surface area contributed by atoms with Crippen molar-refractivity contribution in [1.29, 1.82) is 0 Å². The molecule has 1 aromatic rings. The monoisotopic (exact) mass is 249 g/mol. The summed E-state index contributed by atoms with van der Waals surface area (Å²) < 4.78 is 0. The van der Waals surface area contributed by atoms with Gasteiger partial charge in [0.15, 0.2) is 0 Å². The molecule has 0 unspecified atom stereocenters. The number of hydrogen-bond donors (Lipinski definition) is 2. The summed E-state index contributed by atoms with van der Waals surface area (Å²) >= 11 is 0. The Morgan fingerprint density at radius 1 is 0.944 bits per heavy atom. The number of carboxylic acids is 1. The molecule has 2 amide bonds. The quantitative estimate of drug-likeness (QED) is 0.647. The standard InChI is InChI=1S/C12H14N2O4/c15-10(6-7-12(17)18)13-14-11(16)8-9-4-2-1-3-5-9/h1-5H,6-8H2,(H,13,15)(H,14,16)(H,17,18)/p-1. The molecule has 2 N–H and O–H groups in total. The van der Waals surface area contributed by atoms with Crippen LogP contribution >= 0.6 is 0 Å². The summed E-state index contributed by atoms with van der Waals surface area (Å²) in [6.45, 7) is 0. The number of amides is 2. The van der Waals surface area contributed by atoms with Crippen LogP contribution < -0.4 is 16.0 Å². The summed E-state index contributed by atoms with van der Waals surface area (Å²) in [5.41, 5.74) is 5.15. The van der Waals surface area contributed by atoms with Crippen LogP contribution in [0.2, 0.25) is 0 Å². The number of benzene rings is 1. The molecule has 0 atom stereocenters. The zero-order chi connectivity index (χ0) is 13.4. The maximum absolute atomic E-state index is 11.4. The molecule has 0 aliphatic carbocycles. The molecule has 0 spiro atoms. The van der Waals surface area contributed by atoms with E-state index >= 15 is 0 Å². The van der Waals surface area contributed by atoms with Gasteiger partial charge < -0.3 is 9.90 Å². The molecule has 6 heteroatoms. The third-order valence-corrected chi connectivity index (χ3v) is 2.11. The molecule has 0 aliphatic rings. The molecule has 6 nitrogen and oxygen atoms in total. The lowest BCUT2D eigenvalue weighted by molar-refractivity contribution is -0.305. The summed E-state index contributed by atoms with van der Waals surface area (Å²) in [4.78, 5) is 32.6. The first-order valence-corrected chi connectivity index (χ1v) is 5.39. The largest absolute Gasteiger partial charge is 0.550 e. The van der Waals surface area contributed by atoms with E-state index in [4.69, 9.17) is 0 Å². The van der Waals surface area contributed by atoms with Crippen LogP contribution in [0.25, 0.3) is 0 Å². The van der Waals surface area contributed by atoms with Gasteiger partial charge in [0, 0.05) is 12.4 Å². The fourth-order valence-corrected chi connectivity index (χ4v) is 1.24. The number of carbonyl (C=O) groups excluding carboxylic acids is 3. The molecule has 18 heavy (non-hydrogen) atoms. The van der Waals surface area contributed by atoms with Crippen LogP contribution in [0.5, 0.6) is 0 Å². The molecule has 0 aromatic heterocycles. The first-order chi connectivity index (χ1) is 8.58. The van der Waals surface area contributed by atoms with E-state index in [9.17, 15) is 19.5 Å². The molecule has 1 aromatic carbocycles. The van der Waals surface area contributed by atoms with Gasteiger partial charge >= 0.3 is 0 Å². The molecular formula is C12H13N2O4-. The van der Waals surface area contributed by atoms with Gasteiger partial charge in [0.2, 0.25) is 11.8 Å². The summed E-state index contributed by atoms with van der Waals surface area (Å²) in [7, 11) is 0. The van der Waals surface area contributed by atoms with Gasteiger partial charge in [-0.15, -0.1) is 0 Å². The number of carboxylic acid groups (broad SMARTS) is 1. The van der Waals surface area contributed by atoms with Gasteiger partial charge in [-0.2, -0.15) is 0 Å².